The van der Waals surface area contributed by atoms with Crippen LogP contribution in [0.3, 0.4) is 0 Å². The van der Waals surface area contributed by atoms with Gasteiger partial charge < -0.3 is 9.47 Å². The van der Waals surface area contributed by atoms with E-state index in [0.29, 0.717) is 38.1 Å². The van der Waals surface area contributed by atoms with Crippen molar-refractivity contribution in [3.05, 3.63) is 45.8 Å². The van der Waals surface area contributed by atoms with Crippen LogP contribution in [0, 0.1) is 24.7 Å². The number of halogens is 1. The number of aliphatic imine (C=N–C) groups is 1. The van der Waals surface area contributed by atoms with Gasteiger partial charge in [-0.25, -0.2) is 2.51 Å². The first-order chi connectivity index (χ1) is 16.3. The molecule has 2 heterocycles. The average molecular weight is 617 g/mol. The monoisotopic (exact) mass is 616 g/mol. The van der Waals surface area contributed by atoms with Crippen LogP contribution >= 0.6 is 46.7 Å². The van der Waals surface area contributed by atoms with E-state index in [1.165, 1.54) is 0 Å². The molecule has 0 radical (unpaired) electrons. The van der Waals surface area contributed by atoms with Gasteiger partial charge in [0.15, 0.2) is 12.3 Å². The minimum atomic E-state index is -0.360. The van der Waals surface area contributed by atoms with Gasteiger partial charge >= 0.3 is 0 Å². The maximum absolute atomic E-state index is 8.62. The van der Waals surface area contributed by atoms with Crippen molar-refractivity contribution >= 4 is 69.1 Å². The largest absolute Gasteiger partial charge is 0.491 e. The molecule has 8 nitrogen and oxygen atoms in total. The molecule has 1 aliphatic rings. The molecule has 3 rings (SSSR count). The molecular weight excluding hydrogens is 587 g/mol. The lowest BCUT2D eigenvalue weighted by atomic mass is 9.99. The van der Waals surface area contributed by atoms with Gasteiger partial charge in [0.2, 0.25) is 0 Å². The van der Waals surface area contributed by atoms with E-state index in [-0.39, 0.29) is 6.04 Å². The fraction of sp³-hybridized carbons (Fsp3) is 0.435. The van der Waals surface area contributed by atoms with Crippen molar-refractivity contribution in [1.29, 1.82) is 10.8 Å². The normalized spacial score (nSPS) is 15.7. The fourth-order valence-corrected chi connectivity index (χ4v) is 5.27. The number of fused-ring (bicyclic) bond motifs is 1. The zero-order valence-electron chi connectivity index (χ0n) is 19.6. The number of hydrogen-bond donors (Lipinski definition) is 2. The number of amidine groups is 2. The smallest absolute Gasteiger partial charge is 0.169 e. The van der Waals surface area contributed by atoms with Crippen LogP contribution in [0.25, 0.3) is 0 Å². The molecule has 0 fully saturated rings. The summed E-state index contributed by atoms with van der Waals surface area (Å²) < 4.78 is 21.2. The van der Waals surface area contributed by atoms with Crippen molar-refractivity contribution in [3.8, 4) is 5.75 Å². The molecule has 0 spiro atoms. The van der Waals surface area contributed by atoms with Gasteiger partial charge in [0.1, 0.15) is 58.1 Å². The predicted molar refractivity (Wildman–Crippen MR) is 149 cm³/mol. The Kier molecular flexibility index (Phi) is 10.3. The number of nitrogens with zero attached hydrogens (tertiary/aromatic N) is 2. The lowest BCUT2D eigenvalue weighted by Gasteiger charge is -2.23. The number of hydrogen-bond acceptors (Lipinski definition) is 9. The van der Waals surface area contributed by atoms with Gasteiger partial charge in [-0.3, -0.25) is 24.9 Å². The summed E-state index contributed by atoms with van der Waals surface area (Å²) in [5.41, 5.74) is 3.94. The third kappa shape index (κ3) is 6.58. The topological polar surface area (TPSA) is 100 Å². The van der Waals surface area contributed by atoms with E-state index in [0.717, 1.165) is 56.8 Å². The van der Waals surface area contributed by atoms with E-state index in [1.54, 1.807) is 46.2 Å². The number of benzene rings is 1. The van der Waals surface area contributed by atoms with Crippen molar-refractivity contribution in [3.63, 3.8) is 0 Å². The molecule has 0 amide bonds. The second-order valence-corrected chi connectivity index (χ2v) is 10.5. The maximum Gasteiger partial charge on any atom is 0.169 e. The van der Waals surface area contributed by atoms with Crippen LogP contribution in [0.2, 0.25) is 0 Å². The van der Waals surface area contributed by atoms with Crippen molar-refractivity contribution in [2.24, 2.45) is 4.99 Å². The third-order valence-electron chi connectivity index (χ3n) is 5.32. The van der Waals surface area contributed by atoms with Crippen LogP contribution in [0.5, 0.6) is 5.75 Å². The van der Waals surface area contributed by atoms with Crippen LogP contribution in [0.4, 0.5) is 5.00 Å². The summed E-state index contributed by atoms with van der Waals surface area (Å²) in [5, 5.41) is 17.8. The van der Waals surface area contributed by atoms with Crippen molar-refractivity contribution in [1.82, 2.24) is 0 Å². The summed E-state index contributed by atoms with van der Waals surface area (Å²) in [6.45, 7) is 9.89. The molecule has 0 bridgehead atoms. The second kappa shape index (κ2) is 13.0. The summed E-state index contributed by atoms with van der Waals surface area (Å²) in [7, 11) is 0. The van der Waals surface area contributed by atoms with Gasteiger partial charge in [-0.05, 0) is 63.9 Å². The SMILES string of the molecule is CC(=N)N1C(=N)C(C)N=C(c2ccc(OCCOCCCOSOI)cc2)c2c1sc(C)c2C. The lowest BCUT2D eigenvalue weighted by molar-refractivity contribution is 0.0918. The van der Waals surface area contributed by atoms with Gasteiger partial charge in [-0.15, -0.1) is 11.3 Å². The Hall–Kier alpha value is -1.51. The van der Waals surface area contributed by atoms with Crippen LogP contribution in [-0.2, 0) is 11.4 Å². The van der Waals surface area contributed by atoms with Gasteiger partial charge in [0.05, 0.1) is 18.9 Å². The van der Waals surface area contributed by atoms with E-state index < -0.39 is 0 Å². The number of ether oxygens (including phenoxy) is 2. The highest BCUT2D eigenvalue weighted by molar-refractivity contribution is 14.1. The van der Waals surface area contributed by atoms with E-state index >= 15 is 0 Å². The molecular formula is C23H29IN4O4S2. The quantitative estimate of drug-likeness (QED) is 0.104. The Morgan fingerprint density at radius 1 is 1.18 bits per heavy atom. The number of anilines is 1. The molecule has 1 unspecified atom stereocenters. The van der Waals surface area contributed by atoms with E-state index in [9.17, 15) is 0 Å². The zero-order chi connectivity index (χ0) is 24.7. The summed E-state index contributed by atoms with van der Waals surface area (Å²) in [4.78, 5) is 7.78. The standard InChI is InChI=1S/C23H29IN4O4S2/c1-14-16(3)33-23-20(14)21(27-15(2)22(26)28(23)17(4)25)18-6-8-19(9-7-18)30-13-12-29-10-5-11-31-34-32-24/h6-9,15,25-26H,5,10-13H2,1-4H3. The Balaban J connectivity index is 1.68. The first-order valence-electron chi connectivity index (χ1n) is 10.8. The first-order valence-corrected chi connectivity index (χ1v) is 13.2. The highest BCUT2D eigenvalue weighted by atomic mass is 127. The van der Waals surface area contributed by atoms with Crippen molar-refractivity contribution in [2.75, 3.05) is 31.3 Å². The van der Waals surface area contributed by atoms with E-state index in [1.807, 2.05) is 31.2 Å². The van der Waals surface area contributed by atoms with Gasteiger partial charge in [-0.1, -0.05) is 0 Å². The highest BCUT2D eigenvalue weighted by Crippen LogP contribution is 2.39. The molecule has 1 aliphatic heterocycles. The number of aryl methyl sites for hydroxylation is 1. The van der Waals surface area contributed by atoms with Crippen LogP contribution < -0.4 is 9.64 Å². The molecule has 2 N–H and O–H groups in total. The third-order valence-corrected chi connectivity index (χ3v) is 7.26. The fourth-order valence-electron chi connectivity index (χ4n) is 3.51. The van der Waals surface area contributed by atoms with Crippen LogP contribution in [0.15, 0.2) is 29.3 Å². The Morgan fingerprint density at radius 3 is 2.59 bits per heavy atom. The summed E-state index contributed by atoms with van der Waals surface area (Å²) >= 11 is 4.33. The van der Waals surface area contributed by atoms with Gasteiger partial charge in [0.25, 0.3) is 0 Å². The highest BCUT2D eigenvalue weighted by Gasteiger charge is 2.32. The Morgan fingerprint density at radius 2 is 1.91 bits per heavy atom. The molecule has 0 saturated carbocycles. The average Bonchev–Trinajstić information content (AvgIpc) is 3.03. The summed E-state index contributed by atoms with van der Waals surface area (Å²) in [5.74, 6) is 1.40. The van der Waals surface area contributed by atoms with E-state index in [4.69, 9.17) is 32.0 Å². The van der Waals surface area contributed by atoms with Crippen LogP contribution in [0.1, 0.15) is 41.8 Å². The first kappa shape index (κ1) is 27.1. The Bertz CT molecular complexity index is 1040. The molecule has 34 heavy (non-hydrogen) atoms. The van der Waals surface area contributed by atoms with Gasteiger partial charge in [-0.2, -0.15) is 0 Å². The molecule has 1 aromatic carbocycles. The summed E-state index contributed by atoms with van der Waals surface area (Å²) in [6.07, 6.45) is 0.790. The lowest BCUT2D eigenvalue weighted by Crippen LogP contribution is -2.38. The molecule has 0 saturated heterocycles. The second-order valence-electron chi connectivity index (χ2n) is 7.71. The number of nitrogens with one attached hydrogen (secondary N) is 2. The van der Waals surface area contributed by atoms with Gasteiger partial charge in [0, 0.05) is 22.6 Å². The van der Waals surface area contributed by atoms with Crippen LogP contribution in [-0.4, -0.2) is 49.9 Å². The minimum absolute atomic E-state index is 0.314. The summed E-state index contributed by atoms with van der Waals surface area (Å²) in [6, 6.07) is 7.50. The minimum Gasteiger partial charge on any atom is -0.491 e. The molecule has 11 heteroatoms. The number of thiophene rings is 1. The molecule has 2 aromatic rings. The molecule has 184 valence electrons. The molecule has 0 aliphatic carbocycles. The van der Waals surface area contributed by atoms with E-state index in [2.05, 4.69) is 13.8 Å². The Labute approximate surface area is 223 Å². The van der Waals surface area contributed by atoms with Crippen molar-refractivity contribution < 1.29 is 16.2 Å². The molecule has 1 atom stereocenters. The maximum atomic E-state index is 8.62. The zero-order valence-corrected chi connectivity index (χ0v) is 23.4. The number of rotatable bonds is 11. The predicted octanol–water partition coefficient (Wildman–Crippen LogP) is 6.12. The molecule has 1 aromatic heterocycles. The van der Waals surface area contributed by atoms with Crippen molar-refractivity contribution in [2.45, 2.75) is 40.2 Å².